The number of halogens is 1. The van der Waals surface area contributed by atoms with Gasteiger partial charge in [-0.3, -0.25) is 0 Å². The number of rotatable bonds is 6. The molecule has 4 nitrogen and oxygen atoms in total. The molecule has 0 bridgehead atoms. The molecule has 0 aromatic carbocycles. The number of alkyl halides is 1. The number of aliphatic carboxylic acids is 1. The summed E-state index contributed by atoms with van der Waals surface area (Å²) in [6.07, 6.45) is 4.50. The lowest BCUT2D eigenvalue weighted by Crippen LogP contribution is -2.19. The Morgan fingerprint density at radius 3 is 2.59 bits per heavy atom. The first-order valence-corrected chi connectivity index (χ1v) is 5.66. The maximum atomic E-state index is 13.4. The van der Waals surface area contributed by atoms with Crippen LogP contribution in [0.5, 0.6) is 0 Å². The molecule has 17 heavy (non-hydrogen) atoms. The number of carbonyl (C=O) groups is 1. The van der Waals surface area contributed by atoms with Crippen molar-refractivity contribution in [3.8, 4) is 0 Å². The monoisotopic (exact) mass is 261 g/mol. The molecule has 0 aromatic rings. The van der Waals surface area contributed by atoms with Crippen molar-refractivity contribution in [1.82, 2.24) is 0 Å². The van der Waals surface area contributed by atoms with Gasteiger partial charge in [0, 0.05) is 6.08 Å². The molecular formula is C11H17FNO3P. The van der Waals surface area contributed by atoms with Crippen molar-refractivity contribution in [2.24, 2.45) is 5.16 Å². The van der Waals surface area contributed by atoms with Crippen molar-refractivity contribution in [2.75, 3.05) is 0 Å². The number of carboxylic acid groups (broad SMARTS) is 1. The van der Waals surface area contributed by atoms with E-state index < -0.39 is 11.4 Å². The predicted molar refractivity (Wildman–Crippen MR) is 68.6 cm³/mol. The Morgan fingerprint density at radius 2 is 2.18 bits per heavy atom. The molecule has 96 valence electrons. The fourth-order valence-corrected chi connectivity index (χ4v) is 0.753. The quantitative estimate of drug-likeness (QED) is 0.200. The molecule has 2 unspecified atom stereocenters. The molecule has 0 aliphatic heterocycles. The molecule has 0 aromatic heterocycles. The van der Waals surface area contributed by atoms with E-state index in [2.05, 4.69) is 5.16 Å². The predicted octanol–water partition coefficient (Wildman–Crippen LogP) is 2.87. The Morgan fingerprint density at radius 1 is 1.59 bits per heavy atom. The minimum atomic E-state index is -1.65. The smallest absolute Gasteiger partial charge is 0.328 e. The molecule has 0 rings (SSSR count). The van der Waals surface area contributed by atoms with Crippen LogP contribution in [0, 0.1) is 0 Å². The third kappa shape index (κ3) is 7.64. The van der Waals surface area contributed by atoms with Crippen LogP contribution in [-0.4, -0.2) is 22.2 Å². The van der Waals surface area contributed by atoms with Gasteiger partial charge >= 0.3 is 5.97 Å². The van der Waals surface area contributed by atoms with Gasteiger partial charge in [-0.15, -0.1) is 0 Å². The number of hydrogen-bond acceptors (Lipinski definition) is 3. The topological polar surface area (TPSA) is 58.9 Å². The average molecular weight is 261 g/mol. The van der Waals surface area contributed by atoms with E-state index in [0.717, 1.165) is 6.08 Å². The van der Waals surface area contributed by atoms with Gasteiger partial charge in [-0.25, -0.2) is 9.18 Å². The normalized spacial score (nSPS) is 17.0. The SMILES string of the molecule is CC/C=C(/C=C/C(=O)O)O/N=C(\C)C(C)(F)P. The Kier molecular flexibility index (Phi) is 6.66. The first-order valence-electron chi connectivity index (χ1n) is 5.08. The van der Waals surface area contributed by atoms with Crippen LogP contribution < -0.4 is 0 Å². The molecule has 0 fully saturated rings. The molecule has 0 saturated heterocycles. The van der Waals surface area contributed by atoms with Gasteiger partial charge in [0.2, 0.25) is 0 Å². The van der Waals surface area contributed by atoms with Gasteiger partial charge in [0.1, 0.15) is 0 Å². The van der Waals surface area contributed by atoms with Crippen LogP contribution in [0.1, 0.15) is 27.2 Å². The zero-order chi connectivity index (χ0) is 13.5. The van der Waals surface area contributed by atoms with E-state index in [-0.39, 0.29) is 11.5 Å². The van der Waals surface area contributed by atoms with E-state index >= 15 is 0 Å². The van der Waals surface area contributed by atoms with E-state index in [1.165, 1.54) is 19.9 Å². The number of hydrogen-bond donors (Lipinski definition) is 1. The molecular weight excluding hydrogens is 244 g/mol. The first-order chi connectivity index (χ1) is 7.77. The van der Waals surface area contributed by atoms with Crippen LogP contribution in [-0.2, 0) is 9.63 Å². The highest BCUT2D eigenvalue weighted by Gasteiger charge is 2.20. The van der Waals surface area contributed by atoms with Gasteiger partial charge in [-0.2, -0.15) is 0 Å². The highest BCUT2D eigenvalue weighted by molar-refractivity contribution is 7.20. The van der Waals surface area contributed by atoms with E-state index in [1.807, 2.05) is 16.2 Å². The molecule has 0 amide bonds. The Labute approximate surface area is 102 Å². The second kappa shape index (κ2) is 7.17. The molecule has 0 aliphatic carbocycles. The summed E-state index contributed by atoms with van der Waals surface area (Å²) >= 11 is 0. The number of nitrogens with zero attached hydrogens (tertiary/aromatic N) is 1. The van der Waals surface area contributed by atoms with Crippen molar-refractivity contribution in [2.45, 2.75) is 32.6 Å². The summed E-state index contributed by atoms with van der Waals surface area (Å²) in [4.78, 5) is 15.3. The van der Waals surface area contributed by atoms with Crippen LogP contribution in [0.15, 0.2) is 29.1 Å². The van der Waals surface area contributed by atoms with Crippen LogP contribution in [0.25, 0.3) is 0 Å². The van der Waals surface area contributed by atoms with Crippen molar-refractivity contribution >= 4 is 20.9 Å². The van der Waals surface area contributed by atoms with Gasteiger partial charge in [0.25, 0.3) is 0 Å². The summed E-state index contributed by atoms with van der Waals surface area (Å²) in [6.45, 7) is 4.68. The van der Waals surface area contributed by atoms with E-state index in [1.54, 1.807) is 6.08 Å². The lowest BCUT2D eigenvalue weighted by molar-refractivity contribution is -0.131. The average Bonchev–Trinajstić information content (AvgIpc) is 2.20. The van der Waals surface area contributed by atoms with Crippen molar-refractivity contribution in [3.63, 3.8) is 0 Å². The van der Waals surface area contributed by atoms with Crippen LogP contribution in [0.4, 0.5) is 4.39 Å². The molecule has 1 N–H and O–H groups in total. The van der Waals surface area contributed by atoms with Gasteiger partial charge in [-0.05, 0) is 32.4 Å². The van der Waals surface area contributed by atoms with Crippen molar-refractivity contribution < 1.29 is 19.1 Å². The van der Waals surface area contributed by atoms with E-state index in [9.17, 15) is 9.18 Å². The van der Waals surface area contributed by atoms with Crippen molar-refractivity contribution in [3.05, 3.63) is 24.0 Å². The zero-order valence-corrected chi connectivity index (χ0v) is 11.3. The van der Waals surface area contributed by atoms with Crippen LogP contribution >= 0.6 is 9.24 Å². The van der Waals surface area contributed by atoms with Crippen LogP contribution in [0.3, 0.4) is 0 Å². The lowest BCUT2D eigenvalue weighted by atomic mass is 10.3. The Bertz CT molecular complexity index is 356. The summed E-state index contributed by atoms with van der Waals surface area (Å²) in [6, 6.07) is 0. The van der Waals surface area contributed by atoms with E-state index in [4.69, 9.17) is 9.94 Å². The number of oxime groups is 1. The third-order valence-corrected chi connectivity index (χ3v) is 2.21. The minimum absolute atomic E-state index is 0.147. The third-order valence-electron chi connectivity index (χ3n) is 1.79. The fourth-order valence-electron chi connectivity index (χ4n) is 0.701. The lowest BCUT2D eigenvalue weighted by Gasteiger charge is -2.12. The molecule has 2 atom stereocenters. The summed E-state index contributed by atoms with van der Waals surface area (Å²) in [5.41, 5.74) is 0.147. The number of allylic oxidation sites excluding steroid dienone is 2. The second-order valence-corrected chi connectivity index (χ2v) is 4.61. The van der Waals surface area contributed by atoms with Gasteiger partial charge in [-0.1, -0.05) is 21.3 Å². The first kappa shape index (κ1) is 15.8. The molecule has 0 aliphatic rings. The maximum absolute atomic E-state index is 13.4. The summed E-state index contributed by atoms with van der Waals surface area (Å²) in [5, 5.41) is 10.4. The molecule has 0 radical (unpaired) electrons. The molecule has 0 saturated carbocycles. The van der Waals surface area contributed by atoms with Gasteiger partial charge in [0.05, 0.1) is 5.71 Å². The molecule has 6 heteroatoms. The maximum Gasteiger partial charge on any atom is 0.328 e. The molecule has 0 heterocycles. The summed E-state index contributed by atoms with van der Waals surface area (Å²) < 4.78 is 13.4. The summed E-state index contributed by atoms with van der Waals surface area (Å²) in [5.74, 6) is -0.818. The fraction of sp³-hybridized carbons (Fsp3) is 0.455. The van der Waals surface area contributed by atoms with Crippen LogP contribution in [0.2, 0.25) is 0 Å². The second-order valence-electron chi connectivity index (χ2n) is 3.53. The minimum Gasteiger partial charge on any atom is -0.478 e. The zero-order valence-electron chi connectivity index (χ0n) is 10.1. The summed E-state index contributed by atoms with van der Waals surface area (Å²) in [7, 11) is 2.00. The largest absolute Gasteiger partial charge is 0.478 e. The van der Waals surface area contributed by atoms with Gasteiger partial charge < -0.3 is 9.94 Å². The highest BCUT2D eigenvalue weighted by atomic mass is 31.0. The van der Waals surface area contributed by atoms with E-state index in [0.29, 0.717) is 6.42 Å². The Balaban J connectivity index is 4.70. The Hall–Kier alpha value is -1.22. The highest BCUT2D eigenvalue weighted by Crippen LogP contribution is 2.21. The standard InChI is InChI=1S/C11H17FNO3P/c1-4-5-9(6-7-10(14)15)16-13-8(2)11(3,12)17/h5-7H,4,17H2,1-3H3,(H,14,15)/b7-6+,9-5-,13-8+. The van der Waals surface area contributed by atoms with Gasteiger partial charge in [0.15, 0.2) is 11.2 Å². The molecule has 0 spiro atoms. The number of carboxylic acids is 1. The van der Waals surface area contributed by atoms with Crippen molar-refractivity contribution in [1.29, 1.82) is 0 Å².